The fourth-order valence-corrected chi connectivity index (χ4v) is 3.04. The third-order valence-electron chi connectivity index (χ3n) is 3.21. The van der Waals surface area contributed by atoms with E-state index >= 15 is 0 Å². The number of thiazole rings is 1. The Morgan fingerprint density at radius 3 is 2.86 bits per heavy atom. The van der Waals surface area contributed by atoms with Crippen LogP contribution >= 0.6 is 11.3 Å². The molecule has 3 aromatic heterocycles. The second-order valence-corrected chi connectivity index (χ2v) is 5.62. The van der Waals surface area contributed by atoms with Crippen molar-refractivity contribution in [2.24, 2.45) is 0 Å². The molecule has 0 atom stereocenters. The highest BCUT2D eigenvalue weighted by Crippen LogP contribution is 2.30. The Morgan fingerprint density at radius 2 is 2.10 bits per heavy atom. The van der Waals surface area contributed by atoms with Gasteiger partial charge in [-0.05, 0) is 19.1 Å². The summed E-state index contributed by atoms with van der Waals surface area (Å²) in [5.41, 5.74) is 8.44. The molecule has 3 heterocycles. The Labute approximate surface area is 124 Å². The zero-order chi connectivity index (χ0) is 14.4. The number of hydrogen-bond donors (Lipinski definition) is 1. The first-order valence-corrected chi connectivity index (χ1v) is 7.36. The molecule has 1 aromatic carbocycles. The monoisotopic (exact) mass is 296 g/mol. The van der Waals surface area contributed by atoms with Crippen LogP contribution in [0.5, 0.6) is 0 Å². The third-order valence-corrected chi connectivity index (χ3v) is 4.03. The average Bonchev–Trinajstić information content (AvgIpc) is 3.15. The van der Waals surface area contributed by atoms with Gasteiger partial charge in [-0.25, -0.2) is 4.98 Å². The van der Waals surface area contributed by atoms with E-state index in [2.05, 4.69) is 10.1 Å². The van der Waals surface area contributed by atoms with E-state index in [-0.39, 0.29) is 0 Å². The molecule has 6 heteroatoms. The third kappa shape index (κ3) is 2.00. The van der Waals surface area contributed by atoms with Gasteiger partial charge in [0.1, 0.15) is 17.1 Å². The molecule has 5 nitrogen and oxygen atoms in total. The lowest BCUT2D eigenvalue weighted by Crippen LogP contribution is -2.01. The largest absolute Gasteiger partial charge is 0.454 e. The molecule has 4 rings (SSSR count). The van der Waals surface area contributed by atoms with Crippen molar-refractivity contribution in [2.45, 2.75) is 6.92 Å². The van der Waals surface area contributed by atoms with E-state index < -0.39 is 0 Å². The molecule has 0 bridgehead atoms. The van der Waals surface area contributed by atoms with Crippen LogP contribution in [0.25, 0.3) is 27.6 Å². The number of anilines is 1. The molecule has 0 amide bonds. The van der Waals surface area contributed by atoms with Crippen LogP contribution in [0.2, 0.25) is 0 Å². The SMILES string of the molecule is Cc1cc(N)n(-c2nc(-c3cc4ccccc4o3)cs2)n1. The van der Waals surface area contributed by atoms with E-state index in [1.807, 2.05) is 48.7 Å². The number of fused-ring (bicyclic) bond motifs is 1. The van der Waals surface area contributed by atoms with Crippen LogP contribution in [0.3, 0.4) is 0 Å². The molecule has 0 unspecified atom stereocenters. The molecule has 0 aliphatic carbocycles. The van der Waals surface area contributed by atoms with Gasteiger partial charge in [-0.15, -0.1) is 11.3 Å². The summed E-state index contributed by atoms with van der Waals surface area (Å²) in [6, 6.07) is 11.7. The summed E-state index contributed by atoms with van der Waals surface area (Å²) < 4.78 is 7.47. The Bertz CT molecular complexity index is 901. The number of aromatic nitrogens is 3. The number of benzene rings is 1. The number of rotatable bonds is 2. The lowest BCUT2D eigenvalue weighted by atomic mass is 10.2. The minimum atomic E-state index is 0.581. The van der Waals surface area contributed by atoms with Crippen LogP contribution in [0, 0.1) is 6.92 Å². The van der Waals surface area contributed by atoms with Crippen molar-refractivity contribution in [3.05, 3.63) is 47.5 Å². The van der Waals surface area contributed by atoms with E-state index in [4.69, 9.17) is 10.2 Å². The number of para-hydroxylation sites is 1. The maximum atomic E-state index is 5.93. The average molecular weight is 296 g/mol. The van der Waals surface area contributed by atoms with Crippen LogP contribution in [0.1, 0.15) is 5.69 Å². The van der Waals surface area contributed by atoms with Crippen molar-refractivity contribution in [2.75, 3.05) is 5.73 Å². The van der Waals surface area contributed by atoms with E-state index in [1.54, 1.807) is 4.68 Å². The molecule has 0 aliphatic rings. The zero-order valence-corrected chi connectivity index (χ0v) is 12.1. The molecule has 104 valence electrons. The molecule has 4 aromatic rings. The lowest BCUT2D eigenvalue weighted by molar-refractivity contribution is 0.629. The topological polar surface area (TPSA) is 69.9 Å². The number of aryl methyl sites for hydroxylation is 1. The summed E-state index contributed by atoms with van der Waals surface area (Å²) in [5.74, 6) is 1.33. The highest BCUT2D eigenvalue weighted by Gasteiger charge is 2.13. The first kappa shape index (κ1) is 12.2. The predicted molar refractivity (Wildman–Crippen MR) is 83.6 cm³/mol. The van der Waals surface area contributed by atoms with E-state index in [0.29, 0.717) is 5.82 Å². The molecule has 0 aliphatic heterocycles. The highest BCUT2D eigenvalue weighted by molar-refractivity contribution is 7.12. The van der Waals surface area contributed by atoms with Gasteiger partial charge in [0.05, 0.1) is 5.69 Å². The molecule has 2 N–H and O–H groups in total. The summed E-state index contributed by atoms with van der Waals surface area (Å²) in [6.45, 7) is 1.90. The number of nitrogens with two attached hydrogens (primary N) is 1. The summed E-state index contributed by atoms with van der Waals surface area (Å²) in [5, 5.41) is 8.09. The molecule has 21 heavy (non-hydrogen) atoms. The van der Waals surface area contributed by atoms with E-state index in [1.165, 1.54) is 11.3 Å². The highest BCUT2D eigenvalue weighted by atomic mass is 32.1. The van der Waals surface area contributed by atoms with Gasteiger partial charge in [0.2, 0.25) is 5.13 Å². The summed E-state index contributed by atoms with van der Waals surface area (Å²) in [4.78, 5) is 4.57. The molecule has 0 saturated heterocycles. The number of nitrogens with zero attached hydrogens (tertiary/aromatic N) is 3. The van der Waals surface area contributed by atoms with Gasteiger partial charge in [-0.3, -0.25) is 0 Å². The fraction of sp³-hybridized carbons (Fsp3) is 0.0667. The minimum absolute atomic E-state index is 0.581. The van der Waals surface area contributed by atoms with Crippen molar-refractivity contribution in [3.63, 3.8) is 0 Å². The lowest BCUT2D eigenvalue weighted by Gasteiger charge is -1.96. The predicted octanol–water partition coefficient (Wildman–Crippen LogP) is 3.63. The number of furan rings is 1. The quantitative estimate of drug-likeness (QED) is 0.613. The van der Waals surface area contributed by atoms with Gasteiger partial charge in [0.25, 0.3) is 0 Å². The molecule has 0 radical (unpaired) electrons. The fourth-order valence-electron chi connectivity index (χ4n) is 2.26. The van der Waals surface area contributed by atoms with Crippen LogP contribution < -0.4 is 5.73 Å². The van der Waals surface area contributed by atoms with Crippen molar-refractivity contribution >= 4 is 28.1 Å². The second-order valence-electron chi connectivity index (χ2n) is 4.79. The van der Waals surface area contributed by atoms with E-state index in [0.717, 1.165) is 33.2 Å². The zero-order valence-electron chi connectivity index (χ0n) is 11.3. The van der Waals surface area contributed by atoms with Gasteiger partial charge < -0.3 is 10.2 Å². The van der Waals surface area contributed by atoms with Crippen molar-refractivity contribution in [1.29, 1.82) is 0 Å². The van der Waals surface area contributed by atoms with Gasteiger partial charge in [-0.1, -0.05) is 18.2 Å². The molecule has 0 fully saturated rings. The summed E-state index contributed by atoms with van der Waals surface area (Å²) >= 11 is 1.48. The van der Waals surface area contributed by atoms with Gasteiger partial charge in [0.15, 0.2) is 5.76 Å². The van der Waals surface area contributed by atoms with Gasteiger partial charge in [0, 0.05) is 16.8 Å². The van der Waals surface area contributed by atoms with Gasteiger partial charge in [-0.2, -0.15) is 9.78 Å². The summed E-state index contributed by atoms with van der Waals surface area (Å²) in [6.07, 6.45) is 0. The second kappa shape index (κ2) is 4.46. The smallest absolute Gasteiger partial charge is 0.212 e. The van der Waals surface area contributed by atoms with Crippen molar-refractivity contribution in [1.82, 2.24) is 14.8 Å². The Morgan fingerprint density at radius 1 is 1.24 bits per heavy atom. The first-order valence-electron chi connectivity index (χ1n) is 6.48. The van der Waals surface area contributed by atoms with Crippen LogP contribution in [0.15, 0.2) is 46.2 Å². The van der Waals surface area contributed by atoms with Crippen LogP contribution in [-0.2, 0) is 0 Å². The molecular formula is C15H12N4OS. The van der Waals surface area contributed by atoms with E-state index in [9.17, 15) is 0 Å². The molecular weight excluding hydrogens is 284 g/mol. The summed E-state index contributed by atoms with van der Waals surface area (Å²) in [7, 11) is 0. The van der Waals surface area contributed by atoms with Crippen LogP contribution in [0.4, 0.5) is 5.82 Å². The maximum absolute atomic E-state index is 5.93. The molecule has 0 saturated carbocycles. The number of hydrogen-bond acceptors (Lipinski definition) is 5. The minimum Gasteiger partial charge on any atom is -0.454 e. The van der Waals surface area contributed by atoms with Crippen molar-refractivity contribution < 1.29 is 4.42 Å². The normalized spacial score (nSPS) is 11.3. The van der Waals surface area contributed by atoms with Gasteiger partial charge >= 0.3 is 0 Å². The molecule has 0 spiro atoms. The Balaban J connectivity index is 1.78. The first-order chi connectivity index (χ1) is 10.2. The number of nitrogen functional groups attached to an aromatic ring is 1. The maximum Gasteiger partial charge on any atom is 0.212 e. The standard InChI is InChI=1S/C15H12N4OS/c1-9-6-14(16)19(18-9)15-17-11(8-21-15)13-7-10-4-2-3-5-12(10)20-13/h2-8H,16H2,1H3. The van der Waals surface area contributed by atoms with Crippen LogP contribution in [-0.4, -0.2) is 14.8 Å². The Kier molecular flexibility index (Phi) is 2.58. The Hall–Kier alpha value is -2.60. The van der Waals surface area contributed by atoms with Crippen molar-refractivity contribution in [3.8, 4) is 16.6 Å².